The Morgan fingerprint density at radius 3 is 2.42 bits per heavy atom. The van der Waals surface area contributed by atoms with Crippen molar-refractivity contribution in [3.05, 3.63) is 17.5 Å². The maximum atomic E-state index is 11.5. The fourth-order valence-electron chi connectivity index (χ4n) is 0.840. The molecule has 0 bridgehead atoms. The minimum absolute atomic E-state index is 0.0110. The predicted octanol–water partition coefficient (Wildman–Crippen LogP) is 2.21. The number of carbonyl (C=O) groups is 1. The Labute approximate surface area is 71.7 Å². The van der Waals surface area contributed by atoms with Crippen molar-refractivity contribution in [3.63, 3.8) is 0 Å². The Kier molecular flexibility index (Phi) is 2.04. The van der Waals surface area contributed by atoms with Gasteiger partial charge >= 0.3 is 0 Å². The molecule has 1 heterocycles. The molecule has 0 amide bonds. The lowest BCUT2D eigenvalue weighted by Gasteiger charge is -2.13. The molecule has 3 heteroatoms. The van der Waals surface area contributed by atoms with Crippen LogP contribution in [0.2, 0.25) is 0 Å². The van der Waals surface area contributed by atoms with E-state index in [-0.39, 0.29) is 5.78 Å². The summed E-state index contributed by atoms with van der Waals surface area (Å²) in [4.78, 5) is 11.5. The van der Waals surface area contributed by atoms with Crippen LogP contribution in [0.1, 0.15) is 37.0 Å². The molecule has 1 aromatic heterocycles. The smallest absolute Gasteiger partial charge is 0.206 e. The number of hydrogen-bond acceptors (Lipinski definition) is 3. The zero-order valence-electron chi connectivity index (χ0n) is 7.84. The van der Waals surface area contributed by atoms with E-state index in [2.05, 4.69) is 5.16 Å². The van der Waals surface area contributed by atoms with Crippen LogP contribution in [-0.4, -0.2) is 10.9 Å². The van der Waals surface area contributed by atoms with Gasteiger partial charge in [-0.3, -0.25) is 4.79 Å². The molecule has 0 saturated heterocycles. The molecule has 0 saturated carbocycles. The van der Waals surface area contributed by atoms with E-state index in [0.29, 0.717) is 5.76 Å². The topological polar surface area (TPSA) is 43.1 Å². The first kappa shape index (κ1) is 8.97. The van der Waals surface area contributed by atoms with Gasteiger partial charge in [-0.15, -0.1) is 0 Å². The molecule has 0 N–H and O–H groups in total. The maximum Gasteiger partial charge on any atom is 0.206 e. The molecule has 0 unspecified atom stereocenters. The zero-order valence-corrected chi connectivity index (χ0v) is 7.84. The third-order valence-corrected chi connectivity index (χ3v) is 1.53. The van der Waals surface area contributed by atoms with E-state index < -0.39 is 5.41 Å². The Bertz CT molecular complexity index is 294. The van der Waals surface area contributed by atoms with Crippen molar-refractivity contribution >= 4 is 5.78 Å². The van der Waals surface area contributed by atoms with Gasteiger partial charge in [-0.05, 0) is 6.92 Å². The van der Waals surface area contributed by atoms with Gasteiger partial charge in [-0.1, -0.05) is 25.9 Å². The average molecular weight is 167 g/mol. The third kappa shape index (κ3) is 1.72. The highest BCUT2D eigenvalue weighted by Crippen LogP contribution is 2.20. The molecule has 1 rings (SSSR count). The molecule has 12 heavy (non-hydrogen) atoms. The summed E-state index contributed by atoms with van der Waals surface area (Å²) < 4.78 is 4.85. The molecule has 0 aliphatic carbocycles. The number of aromatic nitrogens is 1. The molecule has 1 aromatic rings. The summed E-state index contributed by atoms with van der Waals surface area (Å²) in [6.45, 7) is 7.36. The van der Waals surface area contributed by atoms with Gasteiger partial charge in [0.05, 0.1) is 5.69 Å². The zero-order chi connectivity index (χ0) is 9.35. The van der Waals surface area contributed by atoms with Crippen LogP contribution in [0.5, 0.6) is 0 Å². The highest BCUT2D eigenvalue weighted by molar-refractivity contribution is 5.97. The molecule has 0 aliphatic heterocycles. The van der Waals surface area contributed by atoms with Crippen LogP contribution >= 0.6 is 0 Å². The van der Waals surface area contributed by atoms with E-state index in [4.69, 9.17) is 4.52 Å². The van der Waals surface area contributed by atoms with Gasteiger partial charge in [0.2, 0.25) is 11.5 Å². The number of carbonyl (C=O) groups excluding carboxylic acids is 1. The molecule has 0 aromatic carbocycles. The van der Waals surface area contributed by atoms with Crippen molar-refractivity contribution in [1.29, 1.82) is 0 Å². The van der Waals surface area contributed by atoms with E-state index in [9.17, 15) is 4.79 Å². The number of ketones is 1. The summed E-state index contributed by atoms with van der Waals surface area (Å²) in [5, 5.41) is 3.66. The summed E-state index contributed by atoms with van der Waals surface area (Å²) in [6, 6.07) is 1.66. The number of hydrogen-bond donors (Lipinski definition) is 0. The predicted molar refractivity (Wildman–Crippen MR) is 45.0 cm³/mol. The van der Waals surface area contributed by atoms with E-state index >= 15 is 0 Å². The second-order valence-electron chi connectivity index (χ2n) is 3.91. The summed E-state index contributed by atoms with van der Waals surface area (Å²) in [5.41, 5.74) is 0.342. The summed E-state index contributed by atoms with van der Waals surface area (Å²) in [7, 11) is 0. The fraction of sp³-hybridized carbons (Fsp3) is 0.556. The quantitative estimate of drug-likeness (QED) is 0.602. The summed E-state index contributed by atoms with van der Waals surface area (Å²) in [6.07, 6.45) is 0. The fourth-order valence-corrected chi connectivity index (χ4v) is 0.840. The Balaban J connectivity index is 2.93. The molecule has 0 fully saturated rings. The molecule has 66 valence electrons. The van der Waals surface area contributed by atoms with Crippen molar-refractivity contribution in [3.8, 4) is 0 Å². The lowest BCUT2D eigenvalue weighted by molar-refractivity contribution is 0.0819. The highest BCUT2D eigenvalue weighted by atomic mass is 16.5. The van der Waals surface area contributed by atoms with Gasteiger partial charge < -0.3 is 4.52 Å². The Hall–Kier alpha value is -1.12. The van der Waals surface area contributed by atoms with E-state index in [1.54, 1.807) is 13.0 Å². The standard InChI is InChI=1S/C9H13NO2/c1-6-5-7(12-10-6)8(11)9(2,3)4/h5H,1-4H3. The van der Waals surface area contributed by atoms with Crippen molar-refractivity contribution in [1.82, 2.24) is 5.16 Å². The van der Waals surface area contributed by atoms with E-state index in [1.165, 1.54) is 0 Å². The minimum Gasteiger partial charge on any atom is -0.353 e. The van der Waals surface area contributed by atoms with Crippen LogP contribution in [0, 0.1) is 12.3 Å². The van der Waals surface area contributed by atoms with Gasteiger partial charge in [0.15, 0.2) is 0 Å². The van der Waals surface area contributed by atoms with Crippen LogP contribution in [-0.2, 0) is 0 Å². The maximum absolute atomic E-state index is 11.5. The molecule has 0 radical (unpaired) electrons. The molecule has 0 atom stereocenters. The Morgan fingerprint density at radius 2 is 2.08 bits per heavy atom. The summed E-state index contributed by atoms with van der Waals surface area (Å²) in [5.74, 6) is 0.336. The normalized spacial score (nSPS) is 11.7. The Morgan fingerprint density at radius 1 is 1.50 bits per heavy atom. The summed E-state index contributed by atoms with van der Waals surface area (Å²) >= 11 is 0. The van der Waals surface area contributed by atoms with Gasteiger partial charge in [0.1, 0.15) is 0 Å². The number of rotatable bonds is 1. The third-order valence-electron chi connectivity index (χ3n) is 1.53. The second-order valence-corrected chi connectivity index (χ2v) is 3.91. The van der Waals surface area contributed by atoms with Crippen molar-refractivity contribution in [2.75, 3.05) is 0 Å². The van der Waals surface area contributed by atoms with Gasteiger partial charge in [-0.2, -0.15) is 0 Å². The average Bonchev–Trinajstić information content (AvgIpc) is 2.32. The number of Topliss-reactive ketones (excluding diaryl/α,β-unsaturated/α-hetero) is 1. The highest BCUT2D eigenvalue weighted by Gasteiger charge is 2.26. The van der Waals surface area contributed by atoms with Crippen molar-refractivity contribution in [2.45, 2.75) is 27.7 Å². The molecular weight excluding hydrogens is 154 g/mol. The number of aryl methyl sites for hydroxylation is 1. The SMILES string of the molecule is Cc1cc(C(=O)C(C)(C)C)on1. The van der Waals surface area contributed by atoms with Gasteiger partial charge in [-0.25, -0.2) is 0 Å². The van der Waals surface area contributed by atoms with Crippen molar-refractivity contribution in [2.24, 2.45) is 5.41 Å². The second kappa shape index (κ2) is 2.73. The van der Waals surface area contributed by atoms with Crippen LogP contribution in [0.15, 0.2) is 10.6 Å². The first-order valence-electron chi connectivity index (χ1n) is 3.89. The minimum atomic E-state index is -0.397. The molecule has 0 spiro atoms. The molecule has 3 nitrogen and oxygen atoms in total. The van der Waals surface area contributed by atoms with Crippen LogP contribution < -0.4 is 0 Å². The van der Waals surface area contributed by atoms with Crippen LogP contribution in [0.4, 0.5) is 0 Å². The first-order valence-corrected chi connectivity index (χ1v) is 3.89. The largest absolute Gasteiger partial charge is 0.353 e. The van der Waals surface area contributed by atoms with E-state index in [1.807, 2.05) is 20.8 Å². The monoisotopic (exact) mass is 167 g/mol. The van der Waals surface area contributed by atoms with Crippen LogP contribution in [0.25, 0.3) is 0 Å². The molecule has 0 aliphatic rings. The van der Waals surface area contributed by atoms with Gasteiger partial charge in [0.25, 0.3) is 0 Å². The molecular formula is C9H13NO2. The van der Waals surface area contributed by atoms with Gasteiger partial charge in [0, 0.05) is 11.5 Å². The lowest BCUT2D eigenvalue weighted by Crippen LogP contribution is -2.19. The number of nitrogens with zero attached hydrogens (tertiary/aromatic N) is 1. The van der Waals surface area contributed by atoms with Crippen molar-refractivity contribution < 1.29 is 9.32 Å². The lowest BCUT2D eigenvalue weighted by atomic mass is 9.89. The van der Waals surface area contributed by atoms with E-state index in [0.717, 1.165) is 5.69 Å². The van der Waals surface area contributed by atoms with Crippen LogP contribution in [0.3, 0.4) is 0 Å². The first-order chi connectivity index (χ1) is 5.41.